The Morgan fingerprint density at radius 3 is 2.14 bits per heavy atom. The molecule has 0 aliphatic rings. The van der Waals surface area contributed by atoms with Crippen molar-refractivity contribution in [3.63, 3.8) is 0 Å². The van der Waals surface area contributed by atoms with Crippen LogP contribution in [0.5, 0.6) is 0 Å². The van der Waals surface area contributed by atoms with Gasteiger partial charge in [-0.05, 0) is 25.2 Å². The number of unbranched alkanes of at least 4 members (excludes halogenated alkanes) is 4. The normalized spacial score (nSPS) is 13.8. The maximum Gasteiger partial charge on any atom is 1.00 e. The van der Waals surface area contributed by atoms with Crippen LogP contribution in [0.4, 0.5) is 0 Å². The third kappa shape index (κ3) is 14.7. The second kappa shape index (κ2) is 21.4. The molecule has 0 aromatic heterocycles. The second-order valence-electron chi connectivity index (χ2n) is 6.94. The van der Waals surface area contributed by atoms with Crippen molar-refractivity contribution in [2.24, 2.45) is 11.8 Å². The zero-order valence-corrected chi connectivity index (χ0v) is 21.6. The van der Waals surface area contributed by atoms with Gasteiger partial charge >= 0.3 is 41.5 Å². The Bertz CT molecular complexity index is 412. The van der Waals surface area contributed by atoms with Crippen LogP contribution in [0.1, 0.15) is 85.5 Å². The molecule has 0 saturated heterocycles. The number of hydrogen-bond donors (Lipinski definition) is 0. The van der Waals surface area contributed by atoms with Crippen LogP contribution in [0.15, 0.2) is 0 Å². The molecule has 0 radical (unpaired) electrons. The summed E-state index contributed by atoms with van der Waals surface area (Å²) in [5.74, 6) is -1.57. The van der Waals surface area contributed by atoms with Gasteiger partial charge in [-0.25, -0.2) is 0 Å². The second-order valence-corrected chi connectivity index (χ2v) is 7.78. The van der Waals surface area contributed by atoms with Crippen LogP contribution in [0.25, 0.3) is 0 Å². The standard InChI is InChI=1S/C20H38O7S.Na/c1-5-9-11-12-14-24-19(21)17(8-4)18(28-27-26-23)20(22)25-15-16(7-3)13-10-6-2;/h16-18,23H,5-15H2,1-4H3;/q;+1/p-1. The predicted molar refractivity (Wildman–Crippen MR) is 107 cm³/mol. The molecule has 166 valence electrons. The van der Waals surface area contributed by atoms with Gasteiger partial charge in [-0.1, -0.05) is 66.2 Å². The minimum atomic E-state index is -1.01. The van der Waals surface area contributed by atoms with Crippen molar-refractivity contribution in [3.05, 3.63) is 0 Å². The van der Waals surface area contributed by atoms with Gasteiger partial charge in [0.1, 0.15) is 5.25 Å². The van der Waals surface area contributed by atoms with Crippen molar-refractivity contribution in [1.29, 1.82) is 0 Å². The topological polar surface area (TPSA) is 94.1 Å². The van der Waals surface area contributed by atoms with Crippen LogP contribution in [0.2, 0.25) is 0 Å². The summed E-state index contributed by atoms with van der Waals surface area (Å²) in [7, 11) is 0. The van der Waals surface area contributed by atoms with Crippen LogP contribution in [-0.4, -0.2) is 30.4 Å². The number of carbonyl (C=O) groups excluding carboxylic acids is 2. The van der Waals surface area contributed by atoms with Gasteiger partial charge in [0.25, 0.3) is 0 Å². The van der Waals surface area contributed by atoms with Gasteiger partial charge in [0.2, 0.25) is 0 Å². The van der Waals surface area contributed by atoms with Gasteiger partial charge in [-0.15, -0.1) is 0 Å². The van der Waals surface area contributed by atoms with Crippen LogP contribution in [0, 0.1) is 11.8 Å². The molecule has 0 rings (SSSR count). The Morgan fingerprint density at radius 2 is 1.59 bits per heavy atom. The van der Waals surface area contributed by atoms with Crippen molar-refractivity contribution in [2.75, 3.05) is 13.2 Å². The molecule has 0 aromatic carbocycles. The van der Waals surface area contributed by atoms with E-state index in [9.17, 15) is 14.8 Å². The fourth-order valence-electron chi connectivity index (χ4n) is 2.82. The molecule has 3 atom stereocenters. The Morgan fingerprint density at radius 1 is 0.897 bits per heavy atom. The first-order valence-corrected chi connectivity index (χ1v) is 11.3. The molecule has 0 heterocycles. The van der Waals surface area contributed by atoms with Crippen LogP contribution in [0.3, 0.4) is 0 Å². The largest absolute Gasteiger partial charge is 1.00 e. The summed E-state index contributed by atoms with van der Waals surface area (Å²) in [6.07, 6.45) is 8.36. The Balaban J connectivity index is 0. The molecule has 0 aliphatic heterocycles. The minimum absolute atomic E-state index is 0. The van der Waals surface area contributed by atoms with E-state index in [-0.39, 0.29) is 42.1 Å². The van der Waals surface area contributed by atoms with Crippen molar-refractivity contribution < 1.29 is 63.2 Å². The molecule has 0 saturated carbocycles. The average molecular weight is 445 g/mol. The molecular weight excluding hydrogens is 407 g/mol. The summed E-state index contributed by atoms with van der Waals surface area (Å²) < 4.78 is 15.1. The summed E-state index contributed by atoms with van der Waals surface area (Å²) in [6, 6.07) is 0. The first kappa shape index (κ1) is 31.4. The van der Waals surface area contributed by atoms with Crippen molar-refractivity contribution in [3.8, 4) is 0 Å². The molecule has 3 unspecified atom stereocenters. The molecule has 0 fully saturated rings. The van der Waals surface area contributed by atoms with Gasteiger partial charge in [0.15, 0.2) is 0 Å². The summed E-state index contributed by atoms with van der Waals surface area (Å²) in [6.45, 7) is 8.65. The third-order valence-corrected chi connectivity index (χ3v) is 5.62. The first-order valence-electron chi connectivity index (χ1n) is 10.5. The number of esters is 2. The maximum absolute atomic E-state index is 12.6. The Kier molecular flexibility index (Phi) is 23.1. The minimum Gasteiger partial charge on any atom is -0.691 e. The summed E-state index contributed by atoms with van der Waals surface area (Å²) >= 11 is 0.505. The Labute approximate surface area is 202 Å². The summed E-state index contributed by atoms with van der Waals surface area (Å²) in [4.78, 5) is 25.0. The van der Waals surface area contributed by atoms with Crippen molar-refractivity contribution in [1.82, 2.24) is 0 Å². The molecule has 29 heavy (non-hydrogen) atoms. The van der Waals surface area contributed by atoms with Crippen LogP contribution >= 0.6 is 12.0 Å². The molecule has 9 heteroatoms. The molecule has 0 bridgehead atoms. The molecule has 0 aliphatic carbocycles. The summed E-state index contributed by atoms with van der Waals surface area (Å²) in [5, 5.41) is 12.6. The van der Waals surface area contributed by atoms with Gasteiger partial charge < -0.3 is 14.7 Å². The number of carbonyl (C=O) groups is 2. The van der Waals surface area contributed by atoms with Gasteiger partial charge in [-0.3, -0.25) is 14.6 Å². The monoisotopic (exact) mass is 444 g/mol. The number of rotatable bonds is 18. The van der Waals surface area contributed by atoms with E-state index in [1.54, 1.807) is 6.92 Å². The first-order chi connectivity index (χ1) is 13.5. The van der Waals surface area contributed by atoms with Crippen molar-refractivity contribution >= 4 is 24.0 Å². The van der Waals surface area contributed by atoms with Crippen LogP contribution < -0.4 is 34.8 Å². The van der Waals surface area contributed by atoms with E-state index in [0.29, 0.717) is 25.1 Å². The molecule has 0 N–H and O–H groups in total. The van der Waals surface area contributed by atoms with E-state index in [2.05, 4.69) is 30.1 Å². The van der Waals surface area contributed by atoms with Crippen molar-refractivity contribution in [2.45, 2.75) is 90.7 Å². The molecule has 0 aromatic rings. The Hall–Kier alpha value is 0.170. The zero-order chi connectivity index (χ0) is 21.2. The van der Waals surface area contributed by atoms with E-state index < -0.39 is 23.1 Å². The number of ether oxygens (including phenoxy) is 2. The van der Waals surface area contributed by atoms with E-state index >= 15 is 0 Å². The van der Waals surface area contributed by atoms with E-state index in [4.69, 9.17) is 9.47 Å². The third-order valence-electron chi connectivity index (χ3n) is 4.76. The summed E-state index contributed by atoms with van der Waals surface area (Å²) in [5.41, 5.74) is 0. The molecule has 7 nitrogen and oxygen atoms in total. The van der Waals surface area contributed by atoms with Gasteiger partial charge in [0.05, 0.1) is 19.1 Å². The van der Waals surface area contributed by atoms with Gasteiger partial charge in [-0.2, -0.15) is 4.33 Å². The fraction of sp³-hybridized carbons (Fsp3) is 0.900. The SMILES string of the molecule is CCCCCCOC(=O)C(CC)C(SOO[O-])C(=O)OCC(CC)CCCC.[Na+]. The zero-order valence-electron chi connectivity index (χ0n) is 18.8. The van der Waals surface area contributed by atoms with E-state index in [1.807, 2.05) is 0 Å². The number of hydrogen-bond acceptors (Lipinski definition) is 8. The predicted octanol–water partition coefficient (Wildman–Crippen LogP) is 1.14. The molecular formula is C20H37NaO7S. The van der Waals surface area contributed by atoms with Crippen LogP contribution in [-0.2, 0) is 28.4 Å². The average Bonchev–Trinajstić information content (AvgIpc) is 2.70. The maximum atomic E-state index is 12.6. The van der Waals surface area contributed by atoms with E-state index in [1.165, 1.54) is 0 Å². The smallest absolute Gasteiger partial charge is 0.691 e. The molecule has 0 spiro atoms. The quantitative estimate of drug-likeness (QED) is 0.0776. The fourth-order valence-corrected chi connectivity index (χ4v) is 3.52. The van der Waals surface area contributed by atoms with Gasteiger partial charge in [0, 0.05) is 12.0 Å². The van der Waals surface area contributed by atoms with E-state index in [0.717, 1.165) is 51.4 Å². The molecule has 0 amide bonds.